The van der Waals surface area contributed by atoms with Gasteiger partial charge in [0.25, 0.3) is 0 Å². The number of carbonyl (C=O) groups is 1. The van der Waals surface area contributed by atoms with Crippen LogP contribution in [0.25, 0.3) is 22.2 Å². The molecule has 27 heavy (non-hydrogen) atoms. The molecule has 0 radical (unpaired) electrons. The summed E-state index contributed by atoms with van der Waals surface area (Å²) in [5.74, 6) is 0. The molecule has 0 spiro atoms. The van der Waals surface area contributed by atoms with Crippen molar-refractivity contribution in [3.63, 3.8) is 0 Å². The highest BCUT2D eigenvalue weighted by atomic mass is 32.2. The van der Waals surface area contributed by atoms with Crippen molar-refractivity contribution >= 4 is 40.1 Å². The monoisotopic (exact) mass is 374 g/mol. The number of para-hydroxylation sites is 1. The lowest BCUT2D eigenvalue weighted by Crippen LogP contribution is -2.19. The first-order chi connectivity index (χ1) is 13.2. The van der Waals surface area contributed by atoms with E-state index < -0.39 is 0 Å². The SMILES string of the molecule is CSc1cccc(NC(=O)Nc2c(-c3cccnc3)[nH]c3ccccc23)c1. The Morgan fingerprint density at radius 2 is 1.93 bits per heavy atom. The molecule has 0 aliphatic heterocycles. The maximum Gasteiger partial charge on any atom is 0.323 e. The summed E-state index contributed by atoms with van der Waals surface area (Å²) in [6.45, 7) is 0. The van der Waals surface area contributed by atoms with Crippen LogP contribution in [0.1, 0.15) is 0 Å². The lowest BCUT2D eigenvalue weighted by molar-refractivity contribution is 0.262. The van der Waals surface area contributed by atoms with Crippen molar-refractivity contribution in [2.24, 2.45) is 0 Å². The van der Waals surface area contributed by atoms with Gasteiger partial charge < -0.3 is 15.6 Å². The normalized spacial score (nSPS) is 10.7. The molecule has 2 aromatic heterocycles. The average molecular weight is 374 g/mol. The predicted octanol–water partition coefficient (Wildman–Crippen LogP) is 5.60. The molecule has 2 amide bonds. The Morgan fingerprint density at radius 1 is 1.04 bits per heavy atom. The molecule has 0 atom stereocenters. The molecule has 0 aliphatic rings. The van der Waals surface area contributed by atoms with E-state index >= 15 is 0 Å². The summed E-state index contributed by atoms with van der Waals surface area (Å²) in [4.78, 5) is 21.3. The molecule has 0 fully saturated rings. The van der Waals surface area contributed by atoms with Crippen molar-refractivity contribution in [1.82, 2.24) is 9.97 Å². The summed E-state index contributed by atoms with van der Waals surface area (Å²) in [6.07, 6.45) is 5.51. The van der Waals surface area contributed by atoms with Crippen LogP contribution in [-0.2, 0) is 0 Å². The van der Waals surface area contributed by atoms with Crippen molar-refractivity contribution in [3.8, 4) is 11.3 Å². The van der Waals surface area contributed by atoms with Crippen LogP contribution in [0.3, 0.4) is 0 Å². The average Bonchev–Trinajstić information content (AvgIpc) is 3.07. The Labute approximate surface area is 161 Å². The fourth-order valence-corrected chi connectivity index (χ4v) is 3.44. The fraction of sp³-hybridized carbons (Fsp3) is 0.0476. The van der Waals surface area contributed by atoms with Crippen LogP contribution in [0.2, 0.25) is 0 Å². The van der Waals surface area contributed by atoms with Crippen LogP contribution in [0.4, 0.5) is 16.2 Å². The van der Waals surface area contributed by atoms with Crippen LogP contribution < -0.4 is 10.6 Å². The number of H-pyrrole nitrogens is 1. The number of anilines is 2. The molecular weight excluding hydrogens is 356 g/mol. The second kappa shape index (κ2) is 7.55. The maximum absolute atomic E-state index is 12.6. The van der Waals surface area contributed by atoms with E-state index in [-0.39, 0.29) is 6.03 Å². The van der Waals surface area contributed by atoms with E-state index in [9.17, 15) is 4.79 Å². The number of pyridine rings is 1. The van der Waals surface area contributed by atoms with Gasteiger partial charge in [-0.15, -0.1) is 11.8 Å². The topological polar surface area (TPSA) is 69.8 Å². The second-order valence-corrected chi connectivity index (χ2v) is 6.85. The first-order valence-corrected chi connectivity index (χ1v) is 9.70. The van der Waals surface area contributed by atoms with Crippen LogP contribution in [-0.4, -0.2) is 22.3 Å². The molecule has 6 heteroatoms. The van der Waals surface area contributed by atoms with E-state index in [1.165, 1.54) is 0 Å². The Balaban J connectivity index is 1.67. The number of aromatic amines is 1. The molecule has 3 N–H and O–H groups in total. The second-order valence-electron chi connectivity index (χ2n) is 5.97. The number of aromatic nitrogens is 2. The smallest absolute Gasteiger partial charge is 0.323 e. The predicted molar refractivity (Wildman–Crippen MR) is 112 cm³/mol. The third-order valence-electron chi connectivity index (χ3n) is 4.22. The summed E-state index contributed by atoms with van der Waals surface area (Å²) in [6, 6.07) is 19.2. The number of fused-ring (bicyclic) bond motifs is 1. The van der Waals surface area contributed by atoms with Gasteiger partial charge in [0.1, 0.15) is 0 Å². The van der Waals surface area contributed by atoms with Crippen molar-refractivity contribution in [2.45, 2.75) is 4.90 Å². The Bertz CT molecular complexity index is 1090. The van der Waals surface area contributed by atoms with Gasteiger partial charge in [-0.05, 0) is 42.7 Å². The number of carbonyl (C=O) groups excluding carboxylic acids is 1. The highest BCUT2D eigenvalue weighted by Gasteiger charge is 2.15. The molecule has 134 valence electrons. The molecule has 2 heterocycles. The molecule has 0 saturated heterocycles. The van der Waals surface area contributed by atoms with Gasteiger partial charge in [0.05, 0.1) is 11.4 Å². The number of nitrogens with zero attached hydrogens (tertiary/aromatic N) is 1. The van der Waals surface area contributed by atoms with Crippen LogP contribution in [0.15, 0.2) is 78.0 Å². The fourth-order valence-electron chi connectivity index (χ4n) is 2.98. The number of thioether (sulfide) groups is 1. The summed E-state index contributed by atoms with van der Waals surface area (Å²) in [7, 11) is 0. The largest absolute Gasteiger partial charge is 0.353 e. The molecule has 2 aromatic carbocycles. The zero-order chi connectivity index (χ0) is 18.6. The Kier molecular flexibility index (Phi) is 4.80. The van der Waals surface area contributed by atoms with Crippen molar-refractivity contribution in [2.75, 3.05) is 16.9 Å². The number of amides is 2. The number of hydrogen-bond acceptors (Lipinski definition) is 3. The number of hydrogen-bond donors (Lipinski definition) is 3. The van der Waals surface area contributed by atoms with Crippen molar-refractivity contribution in [1.29, 1.82) is 0 Å². The molecule has 4 rings (SSSR count). The quantitative estimate of drug-likeness (QED) is 0.408. The van der Waals surface area contributed by atoms with Gasteiger partial charge in [-0.25, -0.2) is 4.79 Å². The highest BCUT2D eigenvalue weighted by Crippen LogP contribution is 2.34. The van der Waals surface area contributed by atoms with E-state index in [4.69, 9.17) is 0 Å². The summed E-state index contributed by atoms with van der Waals surface area (Å²) in [5.41, 5.74) is 4.18. The van der Waals surface area contributed by atoms with Crippen molar-refractivity contribution in [3.05, 3.63) is 73.1 Å². The molecular formula is C21H18N4OS. The lowest BCUT2D eigenvalue weighted by Gasteiger charge is -2.10. The first kappa shape index (κ1) is 17.2. The minimum Gasteiger partial charge on any atom is -0.353 e. The first-order valence-electron chi connectivity index (χ1n) is 8.48. The van der Waals surface area contributed by atoms with Gasteiger partial charge >= 0.3 is 6.03 Å². The minimum atomic E-state index is -0.289. The zero-order valence-corrected chi connectivity index (χ0v) is 15.5. The molecule has 0 aliphatic carbocycles. The molecule has 5 nitrogen and oxygen atoms in total. The van der Waals surface area contributed by atoms with Gasteiger partial charge in [0.15, 0.2) is 0 Å². The van der Waals surface area contributed by atoms with Gasteiger partial charge in [-0.1, -0.05) is 24.3 Å². The van der Waals surface area contributed by atoms with Crippen LogP contribution in [0.5, 0.6) is 0 Å². The third kappa shape index (κ3) is 3.66. The standard InChI is InChI=1S/C21H18N4OS/c1-27-16-8-4-7-15(12-16)23-21(26)25-20-17-9-2-3-10-18(17)24-19(20)14-6-5-11-22-13-14/h2-13,24H,1H3,(H2,23,25,26). The number of nitrogens with one attached hydrogen (secondary N) is 3. The van der Waals surface area contributed by atoms with Gasteiger partial charge in [-0.2, -0.15) is 0 Å². The van der Waals surface area contributed by atoms with Gasteiger partial charge in [-0.3, -0.25) is 4.98 Å². The summed E-state index contributed by atoms with van der Waals surface area (Å²) in [5, 5.41) is 6.86. The molecule has 0 saturated carbocycles. The van der Waals surface area contributed by atoms with E-state index in [2.05, 4.69) is 20.6 Å². The number of rotatable bonds is 4. The minimum absolute atomic E-state index is 0.289. The van der Waals surface area contributed by atoms with Crippen molar-refractivity contribution < 1.29 is 4.79 Å². The summed E-state index contributed by atoms with van der Waals surface area (Å²) < 4.78 is 0. The van der Waals surface area contributed by atoms with Crippen LogP contribution >= 0.6 is 11.8 Å². The molecule has 0 bridgehead atoms. The Morgan fingerprint density at radius 3 is 2.74 bits per heavy atom. The highest BCUT2D eigenvalue weighted by molar-refractivity contribution is 7.98. The van der Waals surface area contributed by atoms with E-state index in [0.29, 0.717) is 0 Å². The Hall–Kier alpha value is -3.25. The number of benzene rings is 2. The molecule has 4 aromatic rings. The third-order valence-corrected chi connectivity index (χ3v) is 4.95. The van der Waals surface area contributed by atoms with Gasteiger partial charge in [0, 0.05) is 39.4 Å². The van der Waals surface area contributed by atoms with Gasteiger partial charge in [0.2, 0.25) is 0 Å². The van der Waals surface area contributed by atoms with E-state index in [0.717, 1.165) is 38.4 Å². The maximum atomic E-state index is 12.6. The van der Waals surface area contributed by atoms with E-state index in [1.807, 2.05) is 66.9 Å². The summed E-state index contributed by atoms with van der Waals surface area (Å²) >= 11 is 1.63. The zero-order valence-electron chi connectivity index (χ0n) is 14.7. The van der Waals surface area contributed by atoms with E-state index in [1.54, 1.807) is 24.2 Å². The van der Waals surface area contributed by atoms with Crippen LogP contribution in [0, 0.1) is 0 Å². The lowest BCUT2D eigenvalue weighted by atomic mass is 10.1. The number of urea groups is 1. The molecule has 0 unspecified atom stereocenters.